The molecule has 1 aromatic heterocycles. The minimum absolute atomic E-state index is 0.110. The van der Waals surface area contributed by atoms with Crippen molar-refractivity contribution in [2.24, 2.45) is 0 Å². The van der Waals surface area contributed by atoms with Gasteiger partial charge < -0.3 is 4.90 Å². The number of hydrogen-bond acceptors (Lipinski definition) is 3. The molecular formula is C19H22N4O2. The van der Waals surface area contributed by atoms with Gasteiger partial charge in [-0.3, -0.25) is 14.5 Å². The molecule has 2 aliphatic rings. The Bertz CT molecular complexity index is 775. The summed E-state index contributed by atoms with van der Waals surface area (Å²) in [6.07, 6.45) is 5.59. The first-order chi connectivity index (χ1) is 12.2. The fourth-order valence-corrected chi connectivity index (χ4v) is 3.58. The molecule has 1 aromatic carbocycles. The molecule has 2 amide bonds. The molecule has 3 heterocycles. The van der Waals surface area contributed by atoms with Crippen molar-refractivity contribution < 1.29 is 9.59 Å². The number of rotatable bonds is 3. The molecule has 130 valence electrons. The Labute approximate surface area is 147 Å². The zero-order valence-electron chi connectivity index (χ0n) is 14.2. The van der Waals surface area contributed by atoms with E-state index in [0.29, 0.717) is 19.5 Å². The van der Waals surface area contributed by atoms with Crippen molar-refractivity contribution in [2.75, 3.05) is 18.0 Å². The summed E-state index contributed by atoms with van der Waals surface area (Å²) in [6.45, 7) is 2.85. The third-order valence-corrected chi connectivity index (χ3v) is 4.99. The molecule has 2 aliphatic heterocycles. The van der Waals surface area contributed by atoms with Crippen LogP contribution in [0.2, 0.25) is 0 Å². The molecule has 0 spiro atoms. The topological polar surface area (TPSA) is 58.4 Å². The largest absolute Gasteiger partial charge is 0.339 e. The second kappa shape index (κ2) is 6.70. The van der Waals surface area contributed by atoms with E-state index < -0.39 is 0 Å². The monoisotopic (exact) mass is 338 g/mol. The van der Waals surface area contributed by atoms with Gasteiger partial charge in [-0.2, -0.15) is 5.10 Å². The van der Waals surface area contributed by atoms with Gasteiger partial charge in [0.15, 0.2) is 0 Å². The Morgan fingerprint density at radius 3 is 2.52 bits per heavy atom. The normalized spacial score (nSPS) is 17.5. The molecule has 1 saturated heterocycles. The zero-order valence-corrected chi connectivity index (χ0v) is 14.2. The van der Waals surface area contributed by atoms with Crippen molar-refractivity contribution in [3.8, 4) is 0 Å². The van der Waals surface area contributed by atoms with Crippen molar-refractivity contribution in [1.82, 2.24) is 14.7 Å². The standard InChI is InChI=1S/C19H22N4O2/c24-18-9-13-23-17(8-10-20-23)22(18)14-15-4-6-16(7-5-15)19(25)21-11-2-1-3-12-21/h4-8,10H,1-3,9,11-14H2. The predicted octanol–water partition coefficient (Wildman–Crippen LogP) is 2.45. The lowest BCUT2D eigenvalue weighted by Gasteiger charge is -2.28. The number of aryl methyl sites for hydroxylation is 1. The smallest absolute Gasteiger partial charge is 0.253 e. The van der Waals surface area contributed by atoms with Gasteiger partial charge in [-0.15, -0.1) is 0 Å². The van der Waals surface area contributed by atoms with E-state index in [2.05, 4.69) is 5.10 Å². The Morgan fingerprint density at radius 1 is 1.00 bits per heavy atom. The van der Waals surface area contributed by atoms with Crippen LogP contribution in [0.15, 0.2) is 36.5 Å². The summed E-state index contributed by atoms with van der Waals surface area (Å²) in [5.41, 5.74) is 1.74. The summed E-state index contributed by atoms with van der Waals surface area (Å²) in [5.74, 6) is 1.06. The fraction of sp³-hybridized carbons (Fsp3) is 0.421. The van der Waals surface area contributed by atoms with Crippen LogP contribution in [0.5, 0.6) is 0 Å². The minimum atomic E-state index is 0.110. The summed E-state index contributed by atoms with van der Waals surface area (Å²) in [6, 6.07) is 9.50. The highest BCUT2D eigenvalue weighted by Gasteiger charge is 2.25. The molecule has 0 saturated carbocycles. The summed E-state index contributed by atoms with van der Waals surface area (Å²) in [4.78, 5) is 28.5. The van der Waals surface area contributed by atoms with E-state index in [1.807, 2.05) is 39.9 Å². The minimum Gasteiger partial charge on any atom is -0.339 e. The van der Waals surface area contributed by atoms with E-state index in [1.165, 1.54) is 6.42 Å². The highest BCUT2D eigenvalue weighted by Crippen LogP contribution is 2.23. The molecule has 0 bridgehead atoms. The maximum atomic E-state index is 12.5. The van der Waals surface area contributed by atoms with E-state index in [-0.39, 0.29) is 11.8 Å². The second-order valence-corrected chi connectivity index (χ2v) is 6.69. The zero-order chi connectivity index (χ0) is 17.2. The molecule has 25 heavy (non-hydrogen) atoms. The maximum absolute atomic E-state index is 12.5. The Morgan fingerprint density at radius 2 is 1.76 bits per heavy atom. The van der Waals surface area contributed by atoms with Gasteiger partial charge in [-0.1, -0.05) is 12.1 Å². The maximum Gasteiger partial charge on any atom is 0.253 e. The molecule has 0 radical (unpaired) electrons. The van der Waals surface area contributed by atoms with Crippen LogP contribution in [0.3, 0.4) is 0 Å². The number of piperidine rings is 1. The van der Waals surface area contributed by atoms with Crippen LogP contribution in [0, 0.1) is 0 Å². The van der Waals surface area contributed by atoms with Gasteiger partial charge in [-0.25, -0.2) is 4.68 Å². The SMILES string of the molecule is O=C(c1ccc(CN2C(=O)CCn3nccc32)cc1)N1CCCCC1. The van der Waals surface area contributed by atoms with Gasteiger partial charge in [0.2, 0.25) is 5.91 Å². The number of amides is 2. The number of hydrogen-bond donors (Lipinski definition) is 0. The number of benzene rings is 1. The molecular weight excluding hydrogens is 316 g/mol. The third-order valence-electron chi connectivity index (χ3n) is 4.99. The highest BCUT2D eigenvalue weighted by molar-refractivity contribution is 5.95. The van der Waals surface area contributed by atoms with Gasteiger partial charge in [0.25, 0.3) is 5.91 Å². The van der Waals surface area contributed by atoms with E-state index in [4.69, 9.17) is 0 Å². The average Bonchev–Trinajstić information content (AvgIpc) is 3.14. The van der Waals surface area contributed by atoms with Crippen LogP contribution < -0.4 is 4.90 Å². The van der Waals surface area contributed by atoms with E-state index >= 15 is 0 Å². The molecule has 0 unspecified atom stereocenters. The summed E-state index contributed by atoms with van der Waals surface area (Å²) >= 11 is 0. The van der Waals surface area contributed by atoms with Gasteiger partial charge in [0.05, 0.1) is 19.3 Å². The van der Waals surface area contributed by atoms with Crippen LogP contribution in [-0.2, 0) is 17.9 Å². The first-order valence-corrected chi connectivity index (χ1v) is 8.93. The highest BCUT2D eigenvalue weighted by atomic mass is 16.2. The molecule has 6 nitrogen and oxygen atoms in total. The van der Waals surface area contributed by atoms with Crippen LogP contribution in [0.1, 0.15) is 41.6 Å². The number of anilines is 1. The van der Waals surface area contributed by atoms with Gasteiger partial charge >= 0.3 is 0 Å². The molecule has 0 atom stereocenters. The second-order valence-electron chi connectivity index (χ2n) is 6.69. The summed E-state index contributed by atoms with van der Waals surface area (Å²) in [7, 11) is 0. The first kappa shape index (κ1) is 15.9. The molecule has 6 heteroatoms. The lowest BCUT2D eigenvalue weighted by molar-refractivity contribution is -0.119. The summed E-state index contributed by atoms with van der Waals surface area (Å²) in [5, 5.41) is 4.24. The van der Waals surface area contributed by atoms with Crippen LogP contribution in [-0.4, -0.2) is 39.6 Å². The molecule has 0 N–H and O–H groups in total. The predicted molar refractivity (Wildman–Crippen MR) is 94.2 cm³/mol. The molecule has 1 fully saturated rings. The van der Waals surface area contributed by atoms with Gasteiger partial charge in [-0.05, 0) is 37.0 Å². The lowest BCUT2D eigenvalue weighted by atomic mass is 10.1. The van der Waals surface area contributed by atoms with Gasteiger partial charge in [0, 0.05) is 31.1 Å². The van der Waals surface area contributed by atoms with E-state index in [0.717, 1.165) is 42.9 Å². The van der Waals surface area contributed by atoms with Crippen molar-refractivity contribution in [1.29, 1.82) is 0 Å². The quantitative estimate of drug-likeness (QED) is 0.864. The number of carbonyl (C=O) groups excluding carboxylic acids is 2. The van der Waals surface area contributed by atoms with Gasteiger partial charge in [0.1, 0.15) is 5.82 Å². The van der Waals surface area contributed by atoms with Crippen molar-refractivity contribution in [3.05, 3.63) is 47.7 Å². The number of fused-ring (bicyclic) bond motifs is 1. The van der Waals surface area contributed by atoms with E-state index in [1.54, 1.807) is 11.1 Å². The molecule has 2 aromatic rings. The van der Waals surface area contributed by atoms with Crippen molar-refractivity contribution in [2.45, 2.75) is 38.8 Å². The Hall–Kier alpha value is -2.63. The molecule has 0 aliphatic carbocycles. The fourth-order valence-electron chi connectivity index (χ4n) is 3.58. The number of nitrogens with zero attached hydrogens (tertiary/aromatic N) is 4. The van der Waals surface area contributed by atoms with Crippen LogP contribution in [0.25, 0.3) is 0 Å². The first-order valence-electron chi connectivity index (χ1n) is 8.93. The Balaban J connectivity index is 1.48. The van der Waals surface area contributed by atoms with E-state index in [9.17, 15) is 9.59 Å². The average molecular weight is 338 g/mol. The van der Waals surface area contributed by atoms with Crippen LogP contribution in [0.4, 0.5) is 5.82 Å². The van der Waals surface area contributed by atoms with Crippen LogP contribution >= 0.6 is 0 Å². The van der Waals surface area contributed by atoms with Crippen molar-refractivity contribution in [3.63, 3.8) is 0 Å². The van der Waals surface area contributed by atoms with Crippen molar-refractivity contribution >= 4 is 17.6 Å². The summed E-state index contributed by atoms with van der Waals surface area (Å²) < 4.78 is 1.86. The molecule has 4 rings (SSSR count). The lowest BCUT2D eigenvalue weighted by Crippen LogP contribution is -2.37. The third kappa shape index (κ3) is 3.16. The number of aromatic nitrogens is 2. The Kier molecular flexibility index (Phi) is 4.26. The number of carbonyl (C=O) groups is 2. The number of likely N-dealkylation sites (tertiary alicyclic amines) is 1.